The van der Waals surface area contributed by atoms with Gasteiger partial charge in [-0.2, -0.15) is 4.31 Å². The zero-order valence-corrected chi connectivity index (χ0v) is 23.8. The Morgan fingerprint density at radius 3 is 2.80 bits per heavy atom. The third-order valence-electron chi connectivity index (χ3n) is 7.68. The molecule has 2 aromatic rings. The summed E-state index contributed by atoms with van der Waals surface area (Å²) in [5.74, 6) is 0.428. The van der Waals surface area contributed by atoms with Crippen LogP contribution in [0.1, 0.15) is 31.2 Å². The number of rotatable bonds is 7. The first kappa shape index (κ1) is 29.5. The van der Waals surface area contributed by atoms with Gasteiger partial charge in [-0.25, -0.2) is 13.2 Å². The summed E-state index contributed by atoms with van der Waals surface area (Å²) < 4.78 is 51.3. The SMILES string of the molecule is O=C(N[C@@H](Cc1ccccc1)[C@H](O)CN1CCCC/C=C\COc2cccc(c2)S1(=O)=O)O[C@H]1CO[C@H]2OCCC21. The van der Waals surface area contributed by atoms with Crippen molar-refractivity contribution in [2.24, 2.45) is 5.92 Å². The van der Waals surface area contributed by atoms with Crippen LogP contribution in [0.15, 0.2) is 71.6 Å². The number of alkyl carbamates (subject to hydrolysis) is 1. The molecule has 10 nitrogen and oxygen atoms in total. The monoisotopic (exact) mass is 586 g/mol. The predicted octanol–water partition coefficient (Wildman–Crippen LogP) is 3.26. The van der Waals surface area contributed by atoms with Gasteiger partial charge in [0.05, 0.1) is 36.2 Å². The maximum atomic E-state index is 13.8. The van der Waals surface area contributed by atoms with Gasteiger partial charge in [-0.1, -0.05) is 48.6 Å². The lowest BCUT2D eigenvalue weighted by Gasteiger charge is -2.30. The number of aliphatic hydroxyl groups excluding tert-OH is 1. The highest BCUT2D eigenvalue weighted by atomic mass is 32.2. The van der Waals surface area contributed by atoms with Gasteiger partial charge >= 0.3 is 6.09 Å². The van der Waals surface area contributed by atoms with Crippen LogP contribution in [0.4, 0.5) is 4.79 Å². The van der Waals surface area contributed by atoms with Gasteiger partial charge in [-0.05, 0) is 49.8 Å². The van der Waals surface area contributed by atoms with Crippen LogP contribution in [0.2, 0.25) is 0 Å². The molecule has 3 heterocycles. The summed E-state index contributed by atoms with van der Waals surface area (Å²) in [5, 5.41) is 14.3. The lowest BCUT2D eigenvalue weighted by Crippen LogP contribution is -2.51. The molecule has 222 valence electrons. The summed E-state index contributed by atoms with van der Waals surface area (Å²) in [6.07, 6.45) is 4.47. The van der Waals surface area contributed by atoms with Crippen molar-refractivity contribution in [2.75, 3.05) is 32.9 Å². The number of aliphatic hydroxyl groups is 1. The largest absolute Gasteiger partial charge is 0.490 e. The quantitative estimate of drug-likeness (QED) is 0.474. The number of amides is 1. The Morgan fingerprint density at radius 1 is 1.10 bits per heavy atom. The topological polar surface area (TPSA) is 124 Å². The van der Waals surface area contributed by atoms with Gasteiger partial charge in [0.2, 0.25) is 10.0 Å². The Bertz CT molecular complexity index is 1290. The van der Waals surface area contributed by atoms with Gasteiger partial charge in [-0.3, -0.25) is 0 Å². The van der Waals surface area contributed by atoms with Crippen molar-refractivity contribution < 1.29 is 37.3 Å². The van der Waals surface area contributed by atoms with Gasteiger partial charge < -0.3 is 29.4 Å². The highest BCUT2D eigenvalue weighted by Gasteiger charge is 2.44. The molecular formula is C30H38N2O8S. The highest BCUT2D eigenvalue weighted by Crippen LogP contribution is 2.33. The van der Waals surface area contributed by atoms with E-state index in [0.29, 0.717) is 25.4 Å². The van der Waals surface area contributed by atoms with Crippen molar-refractivity contribution in [1.29, 1.82) is 0 Å². The third-order valence-corrected chi connectivity index (χ3v) is 9.55. The predicted molar refractivity (Wildman–Crippen MR) is 151 cm³/mol. The van der Waals surface area contributed by atoms with Crippen molar-refractivity contribution in [3.63, 3.8) is 0 Å². The Labute approximate surface area is 241 Å². The van der Waals surface area contributed by atoms with E-state index in [4.69, 9.17) is 18.9 Å². The highest BCUT2D eigenvalue weighted by molar-refractivity contribution is 7.89. The molecule has 0 aromatic heterocycles. The number of allylic oxidation sites excluding steroid dienone is 1. The number of hydrogen-bond acceptors (Lipinski definition) is 8. The van der Waals surface area contributed by atoms with E-state index in [2.05, 4.69) is 5.32 Å². The molecule has 2 N–H and O–H groups in total. The van der Waals surface area contributed by atoms with E-state index >= 15 is 0 Å². The number of nitrogens with one attached hydrogen (secondary N) is 1. The summed E-state index contributed by atoms with van der Waals surface area (Å²) in [6, 6.07) is 15.0. The second-order valence-electron chi connectivity index (χ2n) is 10.6. The van der Waals surface area contributed by atoms with Crippen LogP contribution in [0.5, 0.6) is 5.75 Å². The van der Waals surface area contributed by atoms with E-state index in [9.17, 15) is 18.3 Å². The third kappa shape index (κ3) is 7.66. The van der Waals surface area contributed by atoms with Crippen molar-refractivity contribution >= 4 is 16.1 Å². The number of benzene rings is 2. The normalized spacial score (nSPS) is 26.7. The van der Waals surface area contributed by atoms with Crippen LogP contribution >= 0.6 is 0 Å². The fourth-order valence-electron chi connectivity index (χ4n) is 5.42. The van der Waals surface area contributed by atoms with Gasteiger partial charge in [0, 0.05) is 19.2 Å². The molecule has 2 bridgehead atoms. The van der Waals surface area contributed by atoms with Crippen molar-refractivity contribution in [1.82, 2.24) is 9.62 Å². The summed E-state index contributed by atoms with van der Waals surface area (Å²) in [7, 11) is -3.96. The summed E-state index contributed by atoms with van der Waals surface area (Å²) in [5.41, 5.74) is 0.884. The standard InChI is InChI=1S/C30H38N2O8S/c33-27(20-32-15-7-2-1-3-8-16-37-23-12-9-13-24(19-23)41(32,35)36)26(18-22-10-5-4-6-11-22)31-30(34)40-28-21-39-29-25(28)14-17-38-29/h3-6,8-13,19,25-29,33H,1-2,7,14-18,20-21H2,(H,31,34)/b8-3-/t25?,26-,27+,28-,29+/m0/s1. The first-order valence-electron chi connectivity index (χ1n) is 14.2. The minimum absolute atomic E-state index is 0.0236. The van der Waals surface area contributed by atoms with Crippen LogP contribution in [0, 0.1) is 5.92 Å². The molecule has 11 heteroatoms. The second-order valence-corrected chi connectivity index (χ2v) is 12.5. The minimum atomic E-state index is -3.96. The van der Waals surface area contributed by atoms with Crippen LogP contribution in [-0.4, -0.2) is 81.4 Å². The first-order valence-corrected chi connectivity index (χ1v) is 15.6. The van der Waals surface area contributed by atoms with E-state index in [-0.39, 0.29) is 43.2 Å². The van der Waals surface area contributed by atoms with Crippen LogP contribution in [0.25, 0.3) is 0 Å². The molecular weight excluding hydrogens is 548 g/mol. The van der Waals surface area contributed by atoms with Gasteiger partial charge in [-0.15, -0.1) is 0 Å². The van der Waals surface area contributed by atoms with Crippen molar-refractivity contribution in [3.8, 4) is 5.75 Å². The van der Waals surface area contributed by atoms with E-state index in [0.717, 1.165) is 24.8 Å². The maximum absolute atomic E-state index is 13.8. The van der Waals surface area contributed by atoms with Crippen molar-refractivity contribution in [2.45, 2.75) is 61.5 Å². The Hall–Kier alpha value is -2.96. The van der Waals surface area contributed by atoms with Crippen LogP contribution < -0.4 is 10.1 Å². The molecule has 2 aromatic carbocycles. The fraction of sp³-hybridized carbons (Fsp3) is 0.500. The summed E-state index contributed by atoms with van der Waals surface area (Å²) in [6.45, 7) is 1.19. The molecule has 41 heavy (non-hydrogen) atoms. The summed E-state index contributed by atoms with van der Waals surface area (Å²) >= 11 is 0. The molecule has 0 spiro atoms. The molecule has 3 aliphatic rings. The average Bonchev–Trinajstić information content (AvgIpc) is 3.59. The first-order chi connectivity index (χ1) is 19.9. The molecule has 0 aliphatic carbocycles. The van der Waals surface area contributed by atoms with Crippen molar-refractivity contribution in [3.05, 3.63) is 72.3 Å². The Kier molecular flexibility index (Phi) is 9.94. The number of hydrogen-bond donors (Lipinski definition) is 2. The maximum Gasteiger partial charge on any atom is 0.407 e. The second kappa shape index (κ2) is 13.8. The zero-order valence-electron chi connectivity index (χ0n) is 23.0. The number of sulfonamides is 1. The van der Waals surface area contributed by atoms with E-state index in [1.54, 1.807) is 12.1 Å². The molecule has 5 rings (SSSR count). The number of β-amino-alcohol motifs (C(OH)–C–C–N with tert-alkyl or cyclic N) is 1. The smallest absolute Gasteiger partial charge is 0.407 e. The minimum Gasteiger partial charge on any atom is -0.490 e. The van der Waals surface area contributed by atoms with Crippen LogP contribution in [-0.2, 0) is 30.7 Å². The molecule has 1 amide bonds. The molecule has 0 saturated carbocycles. The molecule has 3 aliphatic heterocycles. The lowest BCUT2D eigenvalue weighted by atomic mass is 10.0. The van der Waals surface area contributed by atoms with E-state index in [1.165, 1.54) is 16.4 Å². The van der Waals surface area contributed by atoms with E-state index in [1.807, 2.05) is 42.5 Å². The molecule has 0 radical (unpaired) electrons. The Morgan fingerprint density at radius 2 is 1.95 bits per heavy atom. The fourth-order valence-corrected chi connectivity index (χ4v) is 6.95. The Balaban J connectivity index is 1.33. The lowest BCUT2D eigenvalue weighted by molar-refractivity contribution is -0.0907. The van der Waals surface area contributed by atoms with Crippen LogP contribution in [0.3, 0.4) is 0 Å². The van der Waals surface area contributed by atoms with Gasteiger partial charge in [0.1, 0.15) is 18.5 Å². The summed E-state index contributed by atoms with van der Waals surface area (Å²) in [4.78, 5) is 13.1. The number of carbonyl (C=O) groups is 1. The number of ether oxygens (including phenoxy) is 4. The average molecular weight is 587 g/mol. The molecule has 2 fully saturated rings. The molecule has 1 unspecified atom stereocenters. The molecule has 5 atom stereocenters. The van der Waals surface area contributed by atoms with Gasteiger partial charge in [0.25, 0.3) is 0 Å². The van der Waals surface area contributed by atoms with Gasteiger partial charge in [0.15, 0.2) is 6.29 Å². The molecule has 2 saturated heterocycles. The number of carbonyl (C=O) groups excluding carboxylic acids is 1. The number of fused-ring (bicyclic) bond motifs is 3. The zero-order chi connectivity index (χ0) is 28.7. The number of nitrogens with zero attached hydrogens (tertiary/aromatic N) is 1. The van der Waals surface area contributed by atoms with E-state index < -0.39 is 34.4 Å².